The normalized spacial score (nSPS) is 10.2. The Bertz CT molecular complexity index is 533. The Kier molecular flexibility index (Phi) is 7.90. The van der Waals surface area contributed by atoms with Gasteiger partial charge in [-0.2, -0.15) is 0 Å². The molecule has 0 bridgehead atoms. The van der Waals surface area contributed by atoms with Crippen LogP contribution in [0.4, 0.5) is 4.79 Å². The maximum Gasteiger partial charge on any atom is 0.317 e. The summed E-state index contributed by atoms with van der Waals surface area (Å²) < 4.78 is 10.6. The molecule has 0 spiro atoms. The highest BCUT2D eigenvalue weighted by Crippen LogP contribution is 2.20. The predicted octanol–water partition coefficient (Wildman–Crippen LogP) is 1.64. The van der Waals surface area contributed by atoms with Crippen LogP contribution in [0.15, 0.2) is 18.2 Å². The number of urea groups is 1. The van der Waals surface area contributed by atoms with Crippen molar-refractivity contribution in [3.05, 3.63) is 29.3 Å². The summed E-state index contributed by atoms with van der Waals surface area (Å²) in [5, 5.41) is 11.4. The average Bonchev–Trinajstić information content (AvgIpc) is 2.51. The minimum absolute atomic E-state index is 0.0835. The quantitative estimate of drug-likeness (QED) is 0.674. The number of benzene rings is 1. The smallest absolute Gasteiger partial charge is 0.317 e. The highest BCUT2D eigenvalue weighted by atomic mass is 16.5. The van der Waals surface area contributed by atoms with Crippen molar-refractivity contribution in [1.29, 1.82) is 0 Å². The third kappa shape index (κ3) is 7.01. The second-order valence-corrected chi connectivity index (χ2v) is 5.18. The molecule has 1 rings (SSSR count). The van der Waals surface area contributed by atoms with Gasteiger partial charge in [-0.3, -0.25) is 4.79 Å². The van der Waals surface area contributed by atoms with Crippen molar-refractivity contribution in [2.75, 3.05) is 33.9 Å². The van der Waals surface area contributed by atoms with Crippen LogP contribution in [-0.2, 0) is 16.1 Å². The number of carboxylic acid groups (broad SMARTS) is 1. The lowest BCUT2D eigenvalue weighted by atomic mass is 10.1. The first-order chi connectivity index (χ1) is 10.9. The van der Waals surface area contributed by atoms with E-state index >= 15 is 0 Å². The number of aryl methyl sites for hydroxylation is 1. The molecule has 0 aliphatic heterocycles. The van der Waals surface area contributed by atoms with E-state index in [0.29, 0.717) is 25.5 Å². The van der Waals surface area contributed by atoms with Crippen molar-refractivity contribution >= 4 is 12.0 Å². The van der Waals surface area contributed by atoms with E-state index in [0.717, 1.165) is 11.1 Å². The minimum atomic E-state index is -0.933. The fraction of sp³-hybridized carbons (Fsp3) is 0.500. The van der Waals surface area contributed by atoms with Crippen molar-refractivity contribution in [2.24, 2.45) is 0 Å². The monoisotopic (exact) mass is 324 g/mol. The number of rotatable bonds is 9. The van der Waals surface area contributed by atoms with E-state index in [1.807, 2.05) is 25.1 Å². The number of nitrogens with zero attached hydrogens (tertiary/aromatic N) is 1. The molecule has 23 heavy (non-hydrogen) atoms. The summed E-state index contributed by atoms with van der Waals surface area (Å²) in [6, 6.07) is 5.42. The van der Waals surface area contributed by atoms with Gasteiger partial charge < -0.3 is 24.8 Å². The van der Waals surface area contributed by atoms with Crippen molar-refractivity contribution in [3.63, 3.8) is 0 Å². The van der Waals surface area contributed by atoms with Crippen LogP contribution >= 0.6 is 0 Å². The van der Waals surface area contributed by atoms with Gasteiger partial charge in [0.05, 0.1) is 13.0 Å². The Labute approximate surface area is 136 Å². The van der Waals surface area contributed by atoms with Gasteiger partial charge in [0.15, 0.2) is 0 Å². The molecule has 0 fully saturated rings. The molecule has 1 aromatic rings. The fourth-order valence-electron chi connectivity index (χ4n) is 1.85. The van der Waals surface area contributed by atoms with Crippen LogP contribution in [-0.4, -0.2) is 55.9 Å². The molecule has 0 radical (unpaired) electrons. The van der Waals surface area contributed by atoms with Gasteiger partial charge in [-0.15, -0.1) is 0 Å². The van der Waals surface area contributed by atoms with Crippen LogP contribution in [0.3, 0.4) is 0 Å². The lowest BCUT2D eigenvalue weighted by Crippen LogP contribution is -2.38. The number of amides is 2. The number of carbonyl (C=O) groups excluding carboxylic acids is 1. The predicted molar refractivity (Wildman–Crippen MR) is 85.7 cm³/mol. The maximum atomic E-state index is 11.9. The maximum absolute atomic E-state index is 11.9. The number of hydrogen-bond donors (Lipinski definition) is 2. The van der Waals surface area contributed by atoms with E-state index in [9.17, 15) is 9.59 Å². The second kappa shape index (κ2) is 9.68. The molecule has 0 heterocycles. The zero-order chi connectivity index (χ0) is 17.2. The highest BCUT2D eigenvalue weighted by molar-refractivity contribution is 5.75. The van der Waals surface area contributed by atoms with E-state index in [1.165, 1.54) is 4.90 Å². The molecule has 128 valence electrons. The first-order valence-corrected chi connectivity index (χ1v) is 7.36. The molecule has 0 aromatic heterocycles. The van der Waals surface area contributed by atoms with Crippen LogP contribution in [0.2, 0.25) is 0 Å². The molecule has 7 nitrogen and oxygen atoms in total. The molecule has 7 heteroatoms. The van der Waals surface area contributed by atoms with E-state index in [4.69, 9.17) is 14.6 Å². The first kappa shape index (κ1) is 18.8. The first-order valence-electron chi connectivity index (χ1n) is 7.36. The third-order valence-corrected chi connectivity index (χ3v) is 3.21. The molecule has 2 N–H and O–H groups in total. The molecule has 2 amide bonds. The summed E-state index contributed by atoms with van der Waals surface area (Å²) in [6.45, 7) is 3.34. The molecule has 0 saturated carbocycles. The molecule has 1 aromatic carbocycles. The Morgan fingerprint density at radius 1 is 1.30 bits per heavy atom. The summed E-state index contributed by atoms with van der Waals surface area (Å²) in [6.07, 6.45) is -0.0835. The van der Waals surface area contributed by atoms with Gasteiger partial charge in [0.2, 0.25) is 0 Å². The number of aliphatic carboxylic acids is 1. The zero-order valence-corrected chi connectivity index (χ0v) is 13.8. The SMILES string of the molecule is COCCOc1cc(C)ccc1CNC(=O)N(C)CCC(=O)O. The molecule has 0 unspecified atom stereocenters. The summed E-state index contributed by atoms with van der Waals surface area (Å²) in [4.78, 5) is 23.8. The lowest BCUT2D eigenvalue weighted by molar-refractivity contribution is -0.137. The van der Waals surface area contributed by atoms with Crippen LogP contribution in [0, 0.1) is 6.92 Å². The van der Waals surface area contributed by atoms with Crippen molar-refractivity contribution in [3.8, 4) is 5.75 Å². The second-order valence-electron chi connectivity index (χ2n) is 5.18. The molecule has 0 saturated heterocycles. The van der Waals surface area contributed by atoms with Crippen molar-refractivity contribution < 1.29 is 24.2 Å². The largest absolute Gasteiger partial charge is 0.491 e. The van der Waals surface area contributed by atoms with Crippen molar-refractivity contribution in [1.82, 2.24) is 10.2 Å². The van der Waals surface area contributed by atoms with E-state index in [1.54, 1.807) is 14.2 Å². The Morgan fingerprint density at radius 3 is 2.70 bits per heavy atom. The lowest BCUT2D eigenvalue weighted by Gasteiger charge is -2.18. The molecular weight excluding hydrogens is 300 g/mol. The highest BCUT2D eigenvalue weighted by Gasteiger charge is 2.11. The van der Waals surface area contributed by atoms with Crippen LogP contribution in [0.1, 0.15) is 17.5 Å². The van der Waals surface area contributed by atoms with Crippen LogP contribution in [0.5, 0.6) is 5.75 Å². The van der Waals surface area contributed by atoms with Crippen molar-refractivity contribution in [2.45, 2.75) is 19.9 Å². The summed E-state index contributed by atoms with van der Waals surface area (Å²) >= 11 is 0. The van der Waals surface area contributed by atoms with E-state index in [2.05, 4.69) is 5.32 Å². The fourth-order valence-corrected chi connectivity index (χ4v) is 1.85. The number of hydrogen-bond acceptors (Lipinski definition) is 4. The number of carbonyl (C=O) groups is 2. The summed E-state index contributed by atoms with van der Waals surface area (Å²) in [5.74, 6) is -0.229. The Morgan fingerprint density at radius 2 is 2.04 bits per heavy atom. The number of carboxylic acids is 1. The standard InChI is InChI=1S/C16H24N2O5/c1-12-4-5-13(14(10-12)23-9-8-22-3)11-17-16(21)18(2)7-6-15(19)20/h4-5,10H,6-9,11H2,1-3H3,(H,17,21)(H,19,20). The number of ether oxygens (including phenoxy) is 2. The van der Waals surface area contributed by atoms with Gasteiger partial charge >= 0.3 is 12.0 Å². The molecular formula is C16H24N2O5. The van der Waals surface area contributed by atoms with Gasteiger partial charge in [0.1, 0.15) is 12.4 Å². The van der Waals surface area contributed by atoms with Gasteiger partial charge in [-0.05, 0) is 18.6 Å². The molecule has 0 atom stereocenters. The van der Waals surface area contributed by atoms with Gasteiger partial charge in [-0.25, -0.2) is 4.79 Å². The minimum Gasteiger partial charge on any atom is -0.491 e. The topological polar surface area (TPSA) is 88.1 Å². The van der Waals surface area contributed by atoms with Gasteiger partial charge in [-0.1, -0.05) is 12.1 Å². The average molecular weight is 324 g/mol. The van der Waals surface area contributed by atoms with Crippen LogP contribution < -0.4 is 10.1 Å². The van der Waals surface area contributed by atoms with E-state index in [-0.39, 0.29) is 19.0 Å². The Balaban J connectivity index is 2.58. The summed E-state index contributed by atoms with van der Waals surface area (Å²) in [5.41, 5.74) is 1.91. The van der Waals surface area contributed by atoms with Crippen LogP contribution in [0.25, 0.3) is 0 Å². The zero-order valence-electron chi connectivity index (χ0n) is 13.8. The Hall–Kier alpha value is -2.28. The van der Waals surface area contributed by atoms with Gasteiger partial charge in [0.25, 0.3) is 0 Å². The van der Waals surface area contributed by atoms with Gasteiger partial charge in [0, 0.05) is 32.8 Å². The summed E-state index contributed by atoms with van der Waals surface area (Å²) in [7, 11) is 3.16. The number of nitrogens with one attached hydrogen (secondary N) is 1. The molecule has 0 aliphatic carbocycles. The number of methoxy groups -OCH3 is 1. The third-order valence-electron chi connectivity index (χ3n) is 3.21. The van der Waals surface area contributed by atoms with E-state index < -0.39 is 5.97 Å². The molecule has 0 aliphatic rings.